The van der Waals surface area contributed by atoms with Crippen LogP contribution in [-0.4, -0.2) is 47.9 Å². The summed E-state index contributed by atoms with van der Waals surface area (Å²) in [6.45, 7) is 4.72. The first-order valence-electron chi connectivity index (χ1n) is 9.61. The van der Waals surface area contributed by atoms with Gasteiger partial charge in [0.1, 0.15) is 0 Å². The van der Waals surface area contributed by atoms with Gasteiger partial charge in [-0.3, -0.25) is 9.88 Å². The van der Waals surface area contributed by atoms with Gasteiger partial charge in [0.25, 0.3) is 0 Å². The number of pyridine rings is 1. The van der Waals surface area contributed by atoms with Gasteiger partial charge in [0.2, 0.25) is 0 Å². The molecule has 5 rings (SSSR count). The Kier molecular flexibility index (Phi) is 4.00. The molecule has 1 aliphatic carbocycles. The summed E-state index contributed by atoms with van der Waals surface area (Å²) in [6, 6.07) is 12.6. The molecule has 3 aliphatic rings. The Hall–Kier alpha value is -1.49. The summed E-state index contributed by atoms with van der Waals surface area (Å²) < 4.78 is 12.3. The van der Waals surface area contributed by atoms with Crippen molar-refractivity contribution in [3.63, 3.8) is 0 Å². The molecule has 1 atom stereocenters. The van der Waals surface area contributed by atoms with Crippen LogP contribution < -0.4 is 0 Å². The van der Waals surface area contributed by atoms with E-state index >= 15 is 0 Å². The van der Waals surface area contributed by atoms with Crippen molar-refractivity contribution in [2.45, 2.75) is 43.9 Å². The van der Waals surface area contributed by atoms with E-state index in [2.05, 4.69) is 41.3 Å². The molecule has 4 heteroatoms. The molecule has 4 nitrogen and oxygen atoms in total. The van der Waals surface area contributed by atoms with Crippen molar-refractivity contribution in [1.82, 2.24) is 9.88 Å². The maximum Gasteiger partial charge on any atom is 0.0959 e. The molecule has 0 unspecified atom stereocenters. The van der Waals surface area contributed by atoms with Crippen molar-refractivity contribution in [3.8, 4) is 0 Å². The van der Waals surface area contributed by atoms with Gasteiger partial charge in [-0.2, -0.15) is 0 Å². The quantitative estimate of drug-likeness (QED) is 0.837. The minimum absolute atomic E-state index is 0.0311. The molecule has 2 aromatic rings. The number of para-hydroxylation sites is 1. The van der Waals surface area contributed by atoms with Crippen LogP contribution in [0, 0.1) is 5.92 Å². The Morgan fingerprint density at radius 2 is 2.00 bits per heavy atom. The van der Waals surface area contributed by atoms with Crippen LogP contribution in [0.4, 0.5) is 0 Å². The lowest BCUT2D eigenvalue weighted by molar-refractivity contribution is -0.199. The van der Waals surface area contributed by atoms with Gasteiger partial charge in [0, 0.05) is 44.7 Å². The zero-order chi connectivity index (χ0) is 16.7. The molecule has 2 saturated heterocycles. The first kappa shape index (κ1) is 15.7. The fourth-order valence-corrected chi connectivity index (χ4v) is 4.21. The minimum atomic E-state index is 0.0311. The third-order valence-electron chi connectivity index (χ3n) is 5.78. The molecule has 0 bridgehead atoms. The van der Waals surface area contributed by atoms with Crippen molar-refractivity contribution in [1.29, 1.82) is 0 Å². The van der Waals surface area contributed by atoms with Gasteiger partial charge in [-0.25, -0.2) is 0 Å². The summed E-state index contributed by atoms with van der Waals surface area (Å²) in [5.41, 5.74) is 2.26. The monoisotopic (exact) mass is 338 g/mol. The molecule has 3 fully saturated rings. The molecule has 25 heavy (non-hydrogen) atoms. The van der Waals surface area contributed by atoms with Gasteiger partial charge in [-0.1, -0.05) is 24.3 Å². The number of hydrogen-bond acceptors (Lipinski definition) is 4. The molecule has 0 amide bonds. The Morgan fingerprint density at radius 1 is 1.12 bits per heavy atom. The van der Waals surface area contributed by atoms with Crippen molar-refractivity contribution < 1.29 is 9.47 Å². The van der Waals surface area contributed by atoms with E-state index in [0.29, 0.717) is 6.10 Å². The fourth-order valence-electron chi connectivity index (χ4n) is 4.21. The molecule has 1 aromatic heterocycles. The van der Waals surface area contributed by atoms with Crippen LogP contribution in [0.5, 0.6) is 0 Å². The van der Waals surface area contributed by atoms with Crippen molar-refractivity contribution in [2.75, 3.05) is 26.3 Å². The first-order chi connectivity index (χ1) is 12.3. The number of aromatic nitrogens is 1. The van der Waals surface area contributed by atoms with Crippen molar-refractivity contribution in [2.24, 2.45) is 5.92 Å². The average Bonchev–Trinajstić information content (AvgIpc) is 3.43. The van der Waals surface area contributed by atoms with E-state index in [0.717, 1.165) is 62.8 Å². The van der Waals surface area contributed by atoms with Crippen LogP contribution in [0.15, 0.2) is 36.4 Å². The lowest BCUT2D eigenvalue weighted by atomic mass is 9.84. The summed E-state index contributed by atoms with van der Waals surface area (Å²) in [4.78, 5) is 7.24. The topological polar surface area (TPSA) is 34.6 Å². The highest BCUT2D eigenvalue weighted by atomic mass is 16.5. The van der Waals surface area contributed by atoms with Crippen LogP contribution in [0.2, 0.25) is 0 Å². The van der Waals surface area contributed by atoms with Crippen LogP contribution in [0.25, 0.3) is 10.9 Å². The fraction of sp³-hybridized carbons (Fsp3) is 0.571. The molecular formula is C21H26N2O2. The number of hydrogen-bond donors (Lipinski definition) is 0. The summed E-state index contributed by atoms with van der Waals surface area (Å²) in [5.74, 6) is 0.843. The zero-order valence-corrected chi connectivity index (χ0v) is 14.7. The Balaban J connectivity index is 1.17. The number of nitrogens with zero attached hydrogens (tertiary/aromatic N) is 2. The van der Waals surface area contributed by atoms with Crippen molar-refractivity contribution >= 4 is 10.9 Å². The third kappa shape index (κ3) is 3.43. The number of fused-ring (bicyclic) bond motifs is 1. The number of rotatable bonds is 5. The molecule has 0 radical (unpaired) electrons. The Morgan fingerprint density at radius 3 is 2.88 bits per heavy atom. The molecule has 132 valence electrons. The highest BCUT2D eigenvalue weighted by Crippen LogP contribution is 2.37. The predicted octanol–water partition coefficient (Wildman–Crippen LogP) is 3.39. The van der Waals surface area contributed by atoms with E-state index in [1.807, 2.05) is 0 Å². The summed E-state index contributed by atoms with van der Waals surface area (Å²) in [5, 5.41) is 1.21. The predicted molar refractivity (Wildman–Crippen MR) is 97.4 cm³/mol. The van der Waals surface area contributed by atoms with E-state index in [4.69, 9.17) is 14.5 Å². The second-order valence-electron chi connectivity index (χ2n) is 8.06. The van der Waals surface area contributed by atoms with Gasteiger partial charge >= 0.3 is 0 Å². The van der Waals surface area contributed by atoms with E-state index in [1.165, 1.54) is 18.2 Å². The van der Waals surface area contributed by atoms with Crippen LogP contribution in [-0.2, 0) is 16.0 Å². The highest BCUT2D eigenvalue weighted by Gasteiger charge is 2.47. The van der Waals surface area contributed by atoms with Gasteiger partial charge in [0.05, 0.1) is 22.9 Å². The zero-order valence-electron chi connectivity index (χ0n) is 14.7. The minimum Gasteiger partial charge on any atom is -0.378 e. The molecule has 3 heterocycles. The van der Waals surface area contributed by atoms with E-state index in [1.54, 1.807) is 0 Å². The number of ether oxygens (including phenoxy) is 2. The maximum atomic E-state index is 6.15. The normalized spacial score (nSPS) is 26.0. The van der Waals surface area contributed by atoms with E-state index in [-0.39, 0.29) is 5.60 Å². The van der Waals surface area contributed by atoms with Crippen LogP contribution >= 0.6 is 0 Å². The first-order valence-corrected chi connectivity index (χ1v) is 9.61. The average molecular weight is 338 g/mol. The summed E-state index contributed by atoms with van der Waals surface area (Å²) in [6.07, 6.45) is 5.24. The molecule has 1 spiro atoms. The summed E-state index contributed by atoms with van der Waals surface area (Å²) in [7, 11) is 0. The second kappa shape index (κ2) is 6.35. The van der Waals surface area contributed by atoms with Gasteiger partial charge < -0.3 is 9.47 Å². The smallest absolute Gasteiger partial charge is 0.0959 e. The van der Waals surface area contributed by atoms with Gasteiger partial charge in [0.15, 0.2) is 0 Å². The molecular weight excluding hydrogens is 312 g/mol. The Labute approximate surface area is 149 Å². The number of benzene rings is 1. The second-order valence-corrected chi connectivity index (χ2v) is 8.06. The molecule has 1 saturated carbocycles. The van der Waals surface area contributed by atoms with Gasteiger partial charge in [-0.15, -0.1) is 0 Å². The van der Waals surface area contributed by atoms with Gasteiger partial charge in [-0.05, 0) is 37.3 Å². The lowest BCUT2D eigenvalue weighted by Gasteiger charge is -2.53. The maximum absolute atomic E-state index is 6.15. The van der Waals surface area contributed by atoms with Crippen LogP contribution in [0.1, 0.15) is 31.4 Å². The van der Waals surface area contributed by atoms with E-state index in [9.17, 15) is 0 Å². The SMILES string of the molecule is c1ccc2nc(CN3CC4(C[C@@H](OCC5CC5)CCO4)C3)ccc2c1. The van der Waals surface area contributed by atoms with Crippen LogP contribution in [0.3, 0.4) is 0 Å². The molecule has 0 N–H and O–H groups in total. The highest BCUT2D eigenvalue weighted by molar-refractivity contribution is 5.78. The lowest BCUT2D eigenvalue weighted by Crippen LogP contribution is -2.65. The van der Waals surface area contributed by atoms with E-state index < -0.39 is 0 Å². The molecule has 1 aromatic carbocycles. The Bertz CT molecular complexity index is 752. The third-order valence-corrected chi connectivity index (χ3v) is 5.78. The number of likely N-dealkylation sites (tertiary alicyclic amines) is 1. The largest absolute Gasteiger partial charge is 0.378 e. The summed E-state index contributed by atoms with van der Waals surface area (Å²) >= 11 is 0. The standard InChI is InChI=1S/C21H26N2O2/c1-2-4-20-17(3-1)7-8-18(22-20)12-23-14-21(15-23)11-19(9-10-25-21)24-13-16-5-6-16/h1-4,7-8,16,19H,5-6,9-15H2/t19-/m0/s1. The van der Waals surface area contributed by atoms with Crippen molar-refractivity contribution in [3.05, 3.63) is 42.1 Å². The molecule has 2 aliphatic heterocycles.